The zero-order chi connectivity index (χ0) is 18.2. The lowest BCUT2D eigenvalue weighted by molar-refractivity contribution is -0.137. The van der Waals surface area contributed by atoms with Gasteiger partial charge in [-0.1, -0.05) is 24.3 Å². The Bertz CT molecular complexity index is 662. The van der Waals surface area contributed by atoms with Crippen molar-refractivity contribution in [3.63, 3.8) is 0 Å². The Morgan fingerprint density at radius 3 is 1.88 bits per heavy atom. The number of rotatable bonds is 3. The van der Waals surface area contributed by atoms with Gasteiger partial charge >= 0.3 is 6.18 Å². The molecular weight excluding hydrogens is 324 g/mol. The number of methoxy groups -OCH3 is 2. The van der Waals surface area contributed by atoms with Gasteiger partial charge in [-0.05, 0) is 42.3 Å². The van der Waals surface area contributed by atoms with Gasteiger partial charge < -0.3 is 9.47 Å². The summed E-state index contributed by atoms with van der Waals surface area (Å²) < 4.78 is 60.0. The van der Waals surface area contributed by atoms with E-state index < -0.39 is 17.6 Å². The van der Waals surface area contributed by atoms with E-state index in [0.717, 1.165) is 12.1 Å². The van der Waals surface area contributed by atoms with Crippen LogP contribution in [0, 0.1) is 5.82 Å². The fraction of sp³-hybridized carbons (Fsp3) is 0.222. The van der Waals surface area contributed by atoms with Gasteiger partial charge in [0.05, 0.1) is 26.0 Å². The molecule has 0 saturated carbocycles. The number of ether oxygens (including phenoxy) is 2. The van der Waals surface area contributed by atoms with Crippen LogP contribution in [-0.2, 0) is 10.9 Å². The average Bonchev–Trinajstić information content (AvgIpc) is 2.55. The van der Waals surface area contributed by atoms with Gasteiger partial charge in [-0.15, -0.1) is 0 Å². The molecule has 0 heterocycles. The van der Waals surface area contributed by atoms with E-state index in [-0.39, 0.29) is 5.75 Å². The number of halogens is 4. The van der Waals surface area contributed by atoms with Crippen molar-refractivity contribution in [3.8, 4) is 16.9 Å². The van der Waals surface area contributed by atoms with Gasteiger partial charge in [0.2, 0.25) is 0 Å². The summed E-state index contributed by atoms with van der Waals surface area (Å²) in [5.41, 5.74) is 0.270. The van der Waals surface area contributed by atoms with Gasteiger partial charge in [-0.25, -0.2) is 4.39 Å². The van der Waals surface area contributed by atoms with E-state index in [0.29, 0.717) is 11.1 Å². The summed E-state index contributed by atoms with van der Waals surface area (Å²) in [7, 11) is 2.97. The highest BCUT2D eigenvalue weighted by atomic mass is 19.4. The first-order valence-corrected chi connectivity index (χ1v) is 6.98. The second-order valence-electron chi connectivity index (χ2n) is 4.63. The third-order valence-electron chi connectivity index (χ3n) is 2.97. The van der Waals surface area contributed by atoms with E-state index in [1.165, 1.54) is 31.4 Å². The van der Waals surface area contributed by atoms with Crippen molar-refractivity contribution in [2.24, 2.45) is 0 Å². The summed E-state index contributed by atoms with van der Waals surface area (Å²) in [6.45, 7) is 1.91. The molecule has 0 saturated heterocycles. The number of hydrogen-bond donors (Lipinski definition) is 0. The van der Waals surface area contributed by atoms with Gasteiger partial charge in [0.1, 0.15) is 0 Å². The minimum Gasteiger partial charge on any atom is -0.505 e. The maximum Gasteiger partial charge on any atom is 0.416 e. The molecule has 24 heavy (non-hydrogen) atoms. The normalized spacial score (nSPS) is 11.0. The molecule has 0 fully saturated rings. The van der Waals surface area contributed by atoms with Crippen molar-refractivity contribution in [2.45, 2.75) is 13.1 Å². The number of hydrogen-bond acceptors (Lipinski definition) is 2. The van der Waals surface area contributed by atoms with Crippen molar-refractivity contribution >= 4 is 0 Å². The Kier molecular flexibility index (Phi) is 7.30. The largest absolute Gasteiger partial charge is 0.505 e. The molecule has 0 N–H and O–H groups in total. The molecule has 0 amide bonds. The summed E-state index contributed by atoms with van der Waals surface area (Å²) in [4.78, 5) is 0. The smallest absolute Gasteiger partial charge is 0.416 e. The molecule has 2 aromatic rings. The quantitative estimate of drug-likeness (QED) is 0.527. The first kappa shape index (κ1) is 19.5. The fourth-order valence-electron chi connectivity index (χ4n) is 1.83. The highest BCUT2D eigenvalue weighted by Crippen LogP contribution is 2.31. The molecule has 0 aliphatic heterocycles. The first-order valence-electron chi connectivity index (χ1n) is 6.98. The van der Waals surface area contributed by atoms with Gasteiger partial charge in [0.15, 0.2) is 11.6 Å². The minimum absolute atomic E-state index is 0.0932. The minimum atomic E-state index is -4.37. The highest BCUT2D eigenvalue weighted by molar-refractivity contribution is 5.64. The summed E-state index contributed by atoms with van der Waals surface area (Å²) in [6.07, 6.45) is -0.913. The lowest BCUT2D eigenvalue weighted by Gasteiger charge is -2.08. The molecule has 2 rings (SSSR count). The summed E-state index contributed by atoms with van der Waals surface area (Å²) in [5.74, 6) is -0.462. The van der Waals surface area contributed by atoms with Crippen LogP contribution in [0.15, 0.2) is 54.8 Å². The molecule has 0 aliphatic rings. The van der Waals surface area contributed by atoms with Crippen molar-refractivity contribution in [1.29, 1.82) is 0 Å². The summed E-state index contributed by atoms with van der Waals surface area (Å²) in [5, 5.41) is 0. The van der Waals surface area contributed by atoms with E-state index in [1.54, 1.807) is 19.4 Å². The van der Waals surface area contributed by atoms with Crippen LogP contribution in [0.3, 0.4) is 0 Å². The Morgan fingerprint density at radius 2 is 1.50 bits per heavy atom. The van der Waals surface area contributed by atoms with Crippen LogP contribution < -0.4 is 4.74 Å². The number of benzene rings is 2. The predicted molar refractivity (Wildman–Crippen MR) is 85.2 cm³/mol. The van der Waals surface area contributed by atoms with Crippen LogP contribution in [0.4, 0.5) is 17.6 Å². The van der Waals surface area contributed by atoms with Crippen molar-refractivity contribution in [2.75, 3.05) is 14.2 Å². The predicted octanol–water partition coefficient (Wildman–Crippen LogP) is 5.69. The van der Waals surface area contributed by atoms with E-state index in [1.807, 2.05) is 13.0 Å². The lowest BCUT2D eigenvalue weighted by atomic mass is 10.0. The maximum atomic E-state index is 13.5. The molecule has 0 radical (unpaired) electrons. The molecule has 6 heteroatoms. The van der Waals surface area contributed by atoms with Crippen LogP contribution in [0.5, 0.6) is 5.75 Å². The third-order valence-corrected chi connectivity index (χ3v) is 2.97. The summed E-state index contributed by atoms with van der Waals surface area (Å²) >= 11 is 0. The van der Waals surface area contributed by atoms with Crippen molar-refractivity contribution in [1.82, 2.24) is 0 Å². The Balaban J connectivity index is 0.000000505. The van der Waals surface area contributed by atoms with Gasteiger partial charge in [0.25, 0.3) is 0 Å². The number of alkyl halides is 3. The summed E-state index contributed by atoms with van der Waals surface area (Å²) in [6, 6.07) is 8.80. The molecule has 130 valence electrons. The first-order chi connectivity index (χ1) is 11.3. The fourth-order valence-corrected chi connectivity index (χ4v) is 1.83. The van der Waals surface area contributed by atoms with Crippen molar-refractivity contribution in [3.05, 3.63) is 66.2 Å². The van der Waals surface area contributed by atoms with Crippen LogP contribution in [0.1, 0.15) is 12.5 Å². The molecule has 0 spiro atoms. The Morgan fingerprint density at radius 1 is 0.917 bits per heavy atom. The standard InChI is InChI=1S/C14H10F4O.C4H8O/c1-19-13-7-4-10(8-12(13)15)9-2-5-11(6-3-9)14(16,17)18;1-3-4-5-2/h2-8H,1H3;3-4H,1-2H3/b;4-3+. The van der Waals surface area contributed by atoms with Crippen LogP contribution in [-0.4, -0.2) is 14.2 Å². The SMILES string of the molecule is C/C=C/OC.COc1ccc(-c2ccc(C(F)(F)F)cc2)cc1F. The molecule has 2 nitrogen and oxygen atoms in total. The molecule has 0 bridgehead atoms. The van der Waals surface area contributed by atoms with E-state index in [9.17, 15) is 17.6 Å². The van der Waals surface area contributed by atoms with Crippen LogP contribution >= 0.6 is 0 Å². The van der Waals surface area contributed by atoms with Crippen LogP contribution in [0.2, 0.25) is 0 Å². The molecular formula is C18H18F4O2. The molecule has 0 atom stereocenters. The second kappa shape index (κ2) is 8.96. The Hall–Kier alpha value is -2.50. The third kappa shape index (κ3) is 5.61. The second-order valence-corrected chi connectivity index (χ2v) is 4.63. The zero-order valence-electron chi connectivity index (χ0n) is 13.5. The molecule has 0 unspecified atom stereocenters. The van der Waals surface area contributed by atoms with E-state index in [2.05, 4.69) is 4.74 Å². The maximum absolute atomic E-state index is 13.5. The van der Waals surface area contributed by atoms with Crippen LogP contribution in [0.25, 0.3) is 11.1 Å². The topological polar surface area (TPSA) is 18.5 Å². The van der Waals surface area contributed by atoms with E-state index in [4.69, 9.17) is 4.74 Å². The highest BCUT2D eigenvalue weighted by Gasteiger charge is 2.29. The van der Waals surface area contributed by atoms with Crippen molar-refractivity contribution < 1.29 is 27.0 Å². The molecule has 0 aromatic heterocycles. The Labute approximate surface area is 138 Å². The monoisotopic (exact) mass is 342 g/mol. The van der Waals surface area contributed by atoms with E-state index >= 15 is 0 Å². The molecule has 0 aliphatic carbocycles. The number of allylic oxidation sites excluding steroid dienone is 1. The lowest BCUT2D eigenvalue weighted by Crippen LogP contribution is -2.04. The average molecular weight is 342 g/mol. The van der Waals surface area contributed by atoms with Gasteiger partial charge in [-0.3, -0.25) is 0 Å². The van der Waals surface area contributed by atoms with Gasteiger partial charge in [0, 0.05) is 0 Å². The zero-order valence-corrected chi connectivity index (χ0v) is 13.5. The molecule has 2 aromatic carbocycles. The van der Waals surface area contributed by atoms with Gasteiger partial charge in [-0.2, -0.15) is 13.2 Å².